The lowest BCUT2D eigenvalue weighted by molar-refractivity contribution is 0.0623. The second-order valence-electron chi connectivity index (χ2n) is 39.2. The molecule has 13 heteroatoms. The number of hydrogen-bond donors (Lipinski definition) is 12. The number of hydrogen-bond acceptors (Lipinski definition) is 13. The number of para-hydroxylation sites is 1. The lowest BCUT2D eigenvalue weighted by Crippen LogP contribution is -2.54. The van der Waals surface area contributed by atoms with Crippen LogP contribution >= 0.6 is 0 Å². The predicted octanol–water partition coefficient (Wildman–Crippen LogP) is 17.6. The molecular formula is C92H175N11O2. The van der Waals surface area contributed by atoms with Crippen LogP contribution in [0.4, 0.5) is 5.69 Å². The fourth-order valence-corrected chi connectivity index (χ4v) is 17.7. The molecule has 13 nitrogen and oxygen atoms in total. The van der Waals surface area contributed by atoms with Crippen LogP contribution in [0.2, 0.25) is 0 Å². The van der Waals surface area contributed by atoms with E-state index in [1.54, 1.807) is 0 Å². The largest absolute Gasteiger partial charge is 0.392 e. The Morgan fingerprint density at radius 2 is 0.971 bits per heavy atom. The van der Waals surface area contributed by atoms with Crippen LogP contribution in [0.5, 0.6) is 0 Å². The normalized spacial score (nSPS) is 31.9. The van der Waals surface area contributed by atoms with Gasteiger partial charge < -0.3 is 68.3 Å². The number of benzene rings is 2. The smallest absolute Gasteiger partial charge is 0.0679 e. The molecule has 12 N–H and O–H groups in total. The van der Waals surface area contributed by atoms with Gasteiger partial charge in [-0.05, 0) is 240 Å². The van der Waals surface area contributed by atoms with Crippen LogP contribution in [-0.4, -0.2) is 143 Å². The van der Waals surface area contributed by atoms with E-state index in [9.17, 15) is 0 Å². The molecule has 17 rings (SSSR count). The number of ether oxygens (including phenoxy) is 1. The summed E-state index contributed by atoms with van der Waals surface area (Å²) in [5, 5.41) is 47.5. The van der Waals surface area contributed by atoms with E-state index >= 15 is 0 Å². The summed E-state index contributed by atoms with van der Waals surface area (Å²) in [6.45, 7) is 69.0. The van der Waals surface area contributed by atoms with Crippen LogP contribution in [0.3, 0.4) is 0 Å². The summed E-state index contributed by atoms with van der Waals surface area (Å²) in [5.74, 6) is 11.5. The molecule has 13 heterocycles. The molecule has 105 heavy (non-hydrogen) atoms. The van der Waals surface area contributed by atoms with Gasteiger partial charge >= 0.3 is 0 Å². The van der Waals surface area contributed by atoms with Gasteiger partial charge in [-0.25, -0.2) is 0 Å². The highest BCUT2D eigenvalue weighted by atomic mass is 16.5. The fourth-order valence-electron chi connectivity index (χ4n) is 17.7. The highest BCUT2D eigenvalue weighted by Crippen LogP contribution is 2.48. The average molecular weight is 1470 g/mol. The Labute approximate surface area is 650 Å². The average Bonchev–Trinajstić information content (AvgIpc) is 1.63. The van der Waals surface area contributed by atoms with Gasteiger partial charge in [0.15, 0.2) is 0 Å². The molecule has 13 aliphatic heterocycles. The first kappa shape index (κ1) is 93.4. The second kappa shape index (κ2) is 48.0. The lowest BCUT2D eigenvalue weighted by atomic mass is 9.67. The standard InChI is InChI=1S/2C11H15N.C10H19N.C9H19N.C8H15N.2C8H17N.2C7H15NO.C7H15N.C6H13N/c1-8(2)11-10-6-4-3-5-9(10)7-12-11;1-8(2)11-7-9-5-3-4-6-10(9)12-11;1-7(2)10-8-3-5-9(11-10)6-4-8;1-7(2)8-5-9(3,4)6-10-8;1-6(2)8-3-7(4-8)5-9-8;1-6(2)8-4-7(3)5-9-8;1-7(2)8-5-3-4-6-9-8;1-5(2)7-3-6(9)4-8-7;1-6(2)7-5-9-4-3-8-7;1-6(2)7-4-3-5-8-7;1-5(2)6-3-4-7-6/h2*3-6,8,11-12H,7H2,1-2H3;7-11H,3-6H2,1-2H3;7-8,10H,5-6H2,1-4H3;6-7,9H,3-5H2,1-2H3;6-9H,4-5H2,1-3H3;7-9H,3-6H2,1-2H3;5-9H,3-4H2,1-2H3;6-8H,3-5H2,1-2H3;6-8H,3-5H2,1-2H3;5-7H,3-4H2,1-2H3. The fraction of sp³-hybridized carbons (Fsp3) is 0.870. The molecule has 2 aromatic carbocycles. The number of morpholine rings is 1. The number of fused-ring (bicyclic) bond motifs is 6. The monoisotopic (exact) mass is 1470 g/mol. The summed E-state index contributed by atoms with van der Waals surface area (Å²) < 4.78 is 5.28. The molecule has 610 valence electrons. The first-order valence-electron chi connectivity index (χ1n) is 44.2. The minimum Gasteiger partial charge on any atom is -0.392 e. The number of aliphatic hydroxyl groups excluding tert-OH is 1. The van der Waals surface area contributed by atoms with Crippen molar-refractivity contribution in [1.82, 2.24) is 53.2 Å². The van der Waals surface area contributed by atoms with E-state index in [0.717, 1.165) is 147 Å². The van der Waals surface area contributed by atoms with Gasteiger partial charge in [-0.3, -0.25) is 0 Å². The van der Waals surface area contributed by atoms with E-state index in [2.05, 4.69) is 280 Å². The number of anilines is 1. The van der Waals surface area contributed by atoms with Crippen molar-refractivity contribution in [3.05, 3.63) is 65.2 Å². The summed E-state index contributed by atoms with van der Waals surface area (Å²) in [4.78, 5) is 0. The second-order valence-corrected chi connectivity index (χ2v) is 39.2. The molecule has 13 fully saturated rings. The third-order valence-electron chi connectivity index (χ3n) is 25.8. The lowest BCUT2D eigenvalue weighted by Gasteiger charge is -2.45. The van der Waals surface area contributed by atoms with Crippen LogP contribution in [-0.2, 0) is 17.7 Å². The van der Waals surface area contributed by atoms with E-state index in [1.165, 1.54) is 158 Å². The Morgan fingerprint density at radius 3 is 1.30 bits per heavy atom. The third-order valence-corrected chi connectivity index (χ3v) is 25.8. The zero-order valence-corrected chi connectivity index (χ0v) is 73.1. The molecule has 12 unspecified atom stereocenters. The van der Waals surface area contributed by atoms with Crippen LogP contribution in [0.25, 0.3) is 0 Å². The van der Waals surface area contributed by atoms with Crippen molar-refractivity contribution in [1.29, 1.82) is 0 Å². The predicted molar refractivity (Wildman–Crippen MR) is 457 cm³/mol. The van der Waals surface area contributed by atoms with Gasteiger partial charge in [0.2, 0.25) is 0 Å². The number of nitrogens with one attached hydrogen (secondary N) is 11. The molecule has 11 saturated heterocycles. The Morgan fingerprint density at radius 1 is 0.448 bits per heavy atom. The maximum atomic E-state index is 9.09. The van der Waals surface area contributed by atoms with E-state index in [4.69, 9.17) is 9.84 Å². The van der Waals surface area contributed by atoms with E-state index in [0.29, 0.717) is 52.9 Å². The Hall–Kier alpha value is -2.24. The first-order chi connectivity index (χ1) is 49.7. The van der Waals surface area contributed by atoms with Crippen molar-refractivity contribution in [2.24, 2.45) is 88.3 Å². The van der Waals surface area contributed by atoms with Crippen molar-refractivity contribution in [2.45, 2.75) is 360 Å². The van der Waals surface area contributed by atoms with Crippen molar-refractivity contribution in [3.63, 3.8) is 0 Å². The van der Waals surface area contributed by atoms with Crippen LogP contribution in [0, 0.1) is 88.3 Å². The molecule has 4 bridgehead atoms. The molecule has 0 amide bonds. The Bertz CT molecular complexity index is 2430. The van der Waals surface area contributed by atoms with Crippen LogP contribution in [0.1, 0.15) is 292 Å². The molecular weight excluding hydrogens is 1290 g/mol. The van der Waals surface area contributed by atoms with Gasteiger partial charge in [-0.2, -0.15) is 0 Å². The van der Waals surface area contributed by atoms with Crippen LogP contribution in [0.15, 0.2) is 48.5 Å². The van der Waals surface area contributed by atoms with E-state index < -0.39 is 0 Å². The maximum Gasteiger partial charge on any atom is 0.0679 e. The summed E-state index contributed by atoms with van der Waals surface area (Å²) in [6, 6.07) is 25.3. The SMILES string of the molecule is CC(C)C12CC(CN1)C2.CC(C)C1CC(C)(C)CN1.CC(C)C1CC(O)CN1.CC(C)C1CCCCN1.CC(C)C1CCCN1.CC(C)C1CCN1.CC(C)C1COCCN1.CC(C)C1Cc2ccccc2N1.CC(C)C1NC2CCC1CC2.CC(C)C1NCc2ccccc21.CC1CNC(C(C)C)C1. The Balaban J connectivity index is 0.000000208. The van der Waals surface area contributed by atoms with Gasteiger partial charge in [0.25, 0.3) is 0 Å². The molecule has 15 aliphatic rings. The zero-order valence-electron chi connectivity index (χ0n) is 73.1. The minimum absolute atomic E-state index is 0.0996. The molecule has 0 aromatic heterocycles. The van der Waals surface area contributed by atoms with Gasteiger partial charge in [0, 0.05) is 104 Å². The quantitative estimate of drug-likeness (QED) is 0.103. The highest BCUT2D eigenvalue weighted by molar-refractivity contribution is 5.56. The Kier molecular flexibility index (Phi) is 42.6. The van der Waals surface area contributed by atoms with Gasteiger partial charge in [0.05, 0.1) is 19.3 Å². The van der Waals surface area contributed by atoms with Gasteiger partial charge in [0.1, 0.15) is 0 Å². The highest BCUT2D eigenvalue weighted by Gasteiger charge is 2.51. The summed E-state index contributed by atoms with van der Waals surface area (Å²) in [6.07, 6.45) is 21.8. The topological polar surface area (TPSA) is 162 Å². The molecule has 2 saturated carbocycles. The molecule has 0 radical (unpaired) electrons. The zero-order chi connectivity index (χ0) is 77.6. The van der Waals surface area contributed by atoms with Crippen molar-refractivity contribution < 1.29 is 9.84 Å². The summed E-state index contributed by atoms with van der Waals surface area (Å²) in [5.41, 5.74) is 6.88. The first-order valence-corrected chi connectivity index (χ1v) is 44.2. The summed E-state index contributed by atoms with van der Waals surface area (Å²) >= 11 is 0. The minimum atomic E-state index is -0.0996. The van der Waals surface area contributed by atoms with E-state index in [1.807, 2.05) is 0 Å². The number of β-amino-alcohol motifs (C(OH)–C–C–N with tert-alkyl or cyclic N) is 1. The van der Waals surface area contributed by atoms with Crippen molar-refractivity contribution in [3.8, 4) is 0 Å². The summed E-state index contributed by atoms with van der Waals surface area (Å²) in [7, 11) is 0. The van der Waals surface area contributed by atoms with Crippen LogP contribution < -0.4 is 58.5 Å². The maximum absolute atomic E-state index is 9.09. The number of piperidine rings is 3. The van der Waals surface area contributed by atoms with E-state index in [-0.39, 0.29) is 6.10 Å². The van der Waals surface area contributed by atoms with Crippen molar-refractivity contribution >= 4 is 5.69 Å². The molecule has 12 atom stereocenters. The number of rotatable bonds is 11. The third kappa shape index (κ3) is 33.2. The van der Waals surface area contributed by atoms with Gasteiger partial charge in [-0.1, -0.05) is 222 Å². The molecule has 0 spiro atoms. The number of aliphatic hydroxyl groups is 1. The van der Waals surface area contributed by atoms with Gasteiger partial charge in [-0.15, -0.1) is 0 Å². The molecule has 2 aromatic rings. The van der Waals surface area contributed by atoms with Crippen molar-refractivity contribution in [2.75, 3.05) is 70.9 Å². The molecule has 2 aliphatic carbocycles.